The summed E-state index contributed by atoms with van der Waals surface area (Å²) < 4.78 is 5.20. The van der Waals surface area contributed by atoms with E-state index in [1.54, 1.807) is 24.0 Å². The minimum Gasteiger partial charge on any atom is -0.444 e. The average Bonchev–Trinajstić information content (AvgIpc) is 2.79. The largest absolute Gasteiger partial charge is 0.444 e. The van der Waals surface area contributed by atoms with Crippen molar-refractivity contribution in [3.8, 4) is 0 Å². The molecule has 0 aliphatic heterocycles. The molecule has 3 rings (SSSR count). The molecular weight excluding hydrogens is 446 g/mol. The zero-order valence-electron chi connectivity index (χ0n) is 20.2. The number of nitrogens with one attached hydrogen (secondary N) is 2. The van der Waals surface area contributed by atoms with Crippen LogP contribution in [0, 0.1) is 0 Å². The van der Waals surface area contributed by atoms with Gasteiger partial charge in [0.05, 0.1) is 0 Å². The Morgan fingerprint density at radius 1 is 1.00 bits per heavy atom. The van der Waals surface area contributed by atoms with Gasteiger partial charge in [0.25, 0.3) is 0 Å². The fraction of sp³-hybridized carbons (Fsp3) is 0.296. The Morgan fingerprint density at radius 3 is 2.15 bits per heavy atom. The molecular formula is C27H33N3O3S. The van der Waals surface area contributed by atoms with Crippen LogP contribution in [0.1, 0.15) is 38.8 Å². The van der Waals surface area contributed by atoms with Crippen molar-refractivity contribution in [2.75, 3.05) is 5.32 Å². The summed E-state index contributed by atoms with van der Waals surface area (Å²) in [4.78, 5) is 26.9. The van der Waals surface area contributed by atoms with Crippen molar-refractivity contribution in [1.82, 2.24) is 10.3 Å². The van der Waals surface area contributed by atoms with Crippen molar-refractivity contribution >= 4 is 30.1 Å². The Balaban J connectivity index is 0.000000240. The Hall–Kier alpha value is -3.32. The number of alkyl carbamates (subject to hydrolysis) is 1. The number of hydrogen-bond donors (Lipinski definition) is 2. The first-order valence-corrected chi connectivity index (χ1v) is 12.1. The van der Waals surface area contributed by atoms with E-state index in [-0.39, 0.29) is 12.1 Å². The summed E-state index contributed by atoms with van der Waals surface area (Å²) in [5, 5.41) is 5.33. The van der Waals surface area contributed by atoms with E-state index in [9.17, 15) is 9.59 Å². The molecule has 1 aromatic heterocycles. The van der Waals surface area contributed by atoms with Crippen LogP contribution in [-0.2, 0) is 21.7 Å². The molecule has 0 fully saturated rings. The monoisotopic (exact) mass is 479 g/mol. The van der Waals surface area contributed by atoms with Crippen molar-refractivity contribution in [3.05, 3.63) is 90.1 Å². The zero-order chi connectivity index (χ0) is 24.8. The Morgan fingerprint density at radius 2 is 1.62 bits per heavy atom. The molecule has 3 aromatic rings. The van der Waals surface area contributed by atoms with E-state index in [1.165, 1.54) is 11.1 Å². The first kappa shape index (κ1) is 26.9. The highest BCUT2D eigenvalue weighted by Gasteiger charge is 2.17. The second-order valence-corrected chi connectivity index (χ2v) is 9.70. The topological polar surface area (TPSA) is 80.3 Å². The lowest BCUT2D eigenvalue weighted by Gasteiger charge is -2.22. The second-order valence-electron chi connectivity index (χ2n) is 8.65. The van der Waals surface area contributed by atoms with Gasteiger partial charge in [-0.3, -0.25) is 4.79 Å². The van der Waals surface area contributed by atoms with Crippen LogP contribution in [0.5, 0.6) is 0 Å². The second kappa shape index (κ2) is 14.1. The summed E-state index contributed by atoms with van der Waals surface area (Å²) in [7, 11) is 0. The lowest BCUT2D eigenvalue weighted by atomic mass is 10.1. The molecule has 2 aromatic carbocycles. The maximum atomic E-state index is 11.5. The molecule has 0 bridgehead atoms. The molecule has 0 aliphatic rings. The maximum absolute atomic E-state index is 11.5. The van der Waals surface area contributed by atoms with Crippen LogP contribution < -0.4 is 10.6 Å². The number of aromatic nitrogens is 1. The van der Waals surface area contributed by atoms with Crippen LogP contribution in [0.3, 0.4) is 0 Å². The predicted molar refractivity (Wildman–Crippen MR) is 139 cm³/mol. The number of nitrogens with zero attached hydrogens (tertiary/aromatic N) is 1. The number of ether oxygens (including phenoxy) is 1. The predicted octanol–water partition coefficient (Wildman–Crippen LogP) is 6.08. The molecule has 2 amide bonds. The molecule has 0 aliphatic carbocycles. The van der Waals surface area contributed by atoms with Crippen LogP contribution >= 0.6 is 11.8 Å². The fourth-order valence-electron chi connectivity index (χ4n) is 2.88. The van der Waals surface area contributed by atoms with E-state index >= 15 is 0 Å². The molecule has 0 radical (unpaired) electrons. The number of benzene rings is 2. The number of amides is 2. The van der Waals surface area contributed by atoms with Crippen LogP contribution in [0.4, 0.5) is 10.6 Å². The highest BCUT2D eigenvalue weighted by Crippen LogP contribution is 2.22. The molecule has 34 heavy (non-hydrogen) atoms. The van der Waals surface area contributed by atoms with Gasteiger partial charge in [-0.1, -0.05) is 60.7 Å². The van der Waals surface area contributed by atoms with Gasteiger partial charge in [-0.05, 0) is 57.4 Å². The highest BCUT2D eigenvalue weighted by molar-refractivity contribution is 7.98. The van der Waals surface area contributed by atoms with Crippen molar-refractivity contribution in [2.24, 2.45) is 0 Å². The van der Waals surface area contributed by atoms with Crippen LogP contribution in [0.25, 0.3) is 0 Å². The van der Waals surface area contributed by atoms with E-state index in [2.05, 4.69) is 27.8 Å². The van der Waals surface area contributed by atoms with Gasteiger partial charge in [-0.2, -0.15) is 0 Å². The van der Waals surface area contributed by atoms with E-state index < -0.39 is 5.60 Å². The Bertz CT molecular complexity index is 991. The third kappa shape index (κ3) is 11.5. The van der Waals surface area contributed by atoms with E-state index in [4.69, 9.17) is 4.74 Å². The molecule has 7 heteroatoms. The van der Waals surface area contributed by atoms with Gasteiger partial charge in [0.15, 0.2) is 0 Å². The number of rotatable bonds is 8. The minimum absolute atomic E-state index is 0.0623. The first-order chi connectivity index (χ1) is 16.2. The SMILES string of the molecule is CC(Cc1ccccc1)NC(=O)OC(C)(C)C.O=CNc1ccc(SCc2ccccc2)cn1. The lowest BCUT2D eigenvalue weighted by Crippen LogP contribution is -2.38. The number of thioether (sulfide) groups is 1. The van der Waals surface area contributed by atoms with Gasteiger partial charge in [0.2, 0.25) is 6.41 Å². The van der Waals surface area contributed by atoms with Crippen molar-refractivity contribution in [3.63, 3.8) is 0 Å². The Kier molecular flexibility index (Phi) is 11.1. The molecule has 0 saturated carbocycles. The first-order valence-electron chi connectivity index (χ1n) is 11.1. The number of anilines is 1. The van der Waals surface area contributed by atoms with Crippen LogP contribution in [0.15, 0.2) is 83.9 Å². The molecule has 1 heterocycles. The van der Waals surface area contributed by atoms with E-state index in [0.29, 0.717) is 12.2 Å². The van der Waals surface area contributed by atoms with Gasteiger partial charge in [-0.15, -0.1) is 11.8 Å². The van der Waals surface area contributed by atoms with Gasteiger partial charge in [-0.25, -0.2) is 9.78 Å². The van der Waals surface area contributed by atoms with Crippen molar-refractivity contribution < 1.29 is 14.3 Å². The summed E-state index contributed by atoms with van der Waals surface area (Å²) in [5.41, 5.74) is 2.04. The lowest BCUT2D eigenvalue weighted by molar-refractivity contribution is -0.105. The molecule has 2 N–H and O–H groups in total. The smallest absolute Gasteiger partial charge is 0.407 e. The minimum atomic E-state index is -0.448. The van der Waals surface area contributed by atoms with Gasteiger partial charge in [0, 0.05) is 22.9 Å². The summed E-state index contributed by atoms with van der Waals surface area (Å²) in [6, 6.07) is 24.2. The molecule has 0 spiro atoms. The number of pyridine rings is 1. The Labute approximate surface area is 206 Å². The van der Waals surface area contributed by atoms with Crippen molar-refractivity contribution in [2.45, 2.75) is 56.4 Å². The third-order valence-electron chi connectivity index (χ3n) is 4.34. The quantitative estimate of drug-likeness (QED) is 0.302. The van der Waals surface area contributed by atoms with Crippen LogP contribution in [0.2, 0.25) is 0 Å². The van der Waals surface area contributed by atoms with Gasteiger partial charge < -0.3 is 15.4 Å². The fourth-order valence-corrected chi connectivity index (χ4v) is 3.70. The summed E-state index contributed by atoms with van der Waals surface area (Å²) >= 11 is 1.72. The van der Waals surface area contributed by atoms with E-state index in [0.717, 1.165) is 17.1 Å². The third-order valence-corrected chi connectivity index (χ3v) is 5.39. The maximum Gasteiger partial charge on any atom is 0.407 e. The van der Waals surface area contributed by atoms with Crippen molar-refractivity contribution in [1.29, 1.82) is 0 Å². The summed E-state index contributed by atoms with van der Waals surface area (Å²) in [5.74, 6) is 1.49. The molecule has 1 atom stereocenters. The summed E-state index contributed by atoms with van der Waals surface area (Å²) in [6.07, 6.45) is 2.83. The average molecular weight is 480 g/mol. The number of carbonyl (C=O) groups is 2. The number of carbonyl (C=O) groups excluding carboxylic acids is 2. The highest BCUT2D eigenvalue weighted by atomic mass is 32.2. The number of hydrogen-bond acceptors (Lipinski definition) is 5. The standard InChI is InChI=1S/C14H21NO2.C13H12N2OS/c1-11(10-12-8-6-5-7-9-12)15-13(16)17-14(2,3)4;16-10-15-13-7-6-12(8-14-13)17-9-11-4-2-1-3-5-11/h5-9,11H,10H2,1-4H3,(H,15,16);1-8,10H,9H2,(H,14,15,16). The normalized spacial score (nSPS) is 11.4. The molecule has 6 nitrogen and oxygen atoms in total. The van der Waals surface area contributed by atoms with Gasteiger partial charge >= 0.3 is 6.09 Å². The molecule has 0 saturated heterocycles. The zero-order valence-corrected chi connectivity index (χ0v) is 21.0. The van der Waals surface area contributed by atoms with E-state index in [1.807, 2.05) is 82.3 Å². The summed E-state index contributed by atoms with van der Waals surface area (Å²) in [6.45, 7) is 7.54. The van der Waals surface area contributed by atoms with Crippen LogP contribution in [-0.4, -0.2) is 29.1 Å². The van der Waals surface area contributed by atoms with Gasteiger partial charge in [0.1, 0.15) is 11.4 Å². The molecule has 1 unspecified atom stereocenters. The molecule has 180 valence electrons.